The zero-order valence-electron chi connectivity index (χ0n) is 17.7. The smallest absolute Gasteiger partial charge is 0.410 e. The van der Waals surface area contributed by atoms with Gasteiger partial charge in [-0.1, -0.05) is 48.5 Å². The summed E-state index contributed by atoms with van der Waals surface area (Å²) in [4.78, 5) is 27.3. The molecule has 2 atom stereocenters. The van der Waals surface area contributed by atoms with Crippen molar-refractivity contribution in [1.82, 2.24) is 4.90 Å². The molecule has 6 heteroatoms. The number of nitrogens with zero attached hydrogens (tertiary/aromatic N) is 1. The second-order valence-corrected chi connectivity index (χ2v) is 8.62. The van der Waals surface area contributed by atoms with Gasteiger partial charge in [-0.05, 0) is 35.1 Å². The van der Waals surface area contributed by atoms with Crippen LogP contribution in [0.25, 0.3) is 11.1 Å². The Hall–Kier alpha value is -2.70. The fraction of sp³-hybridized carbons (Fsp3) is 0.440. The van der Waals surface area contributed by atoms with Crippen molar-refractivity contribution in [2.75, 3.05) is 33.5 Å². The van der Waals surface area contributed by atoms with Crippen LogP contribution in [0.5, 0.6) is 0 Å². The van der Waals surface area contributed by atoms with Crippen LogP contribution >= 0.6 is 0 Å². The first-order valence-corrected chi connectivity index (χ1v) is 10.9. The van der Waals surface area contributed by atoms with Crippen molar-refractivity contribution in [3.8, 4) is 11.1 Å². The summed E-state index contributed by atoms with van der Waals surface area (Å²) in [7, 11) is 1.54. The Morgan fingerprint density at radius 1 is 0.968 bits per heavy atom. The van der Waals surface area contributed by atoms with Gasteiger partial charge in [0, 0.05) is 18.9 Å². The Morgan fingerprint density at radius 3 is 2.13 bits per heavy atom. The number of Topliss-reactive ketones (excluding diaryl/α,β-unsaturated/α-hetero) is 1. The summed E-state index contributed by atoms with van der Waals surface area (Å²) < 4.78 is 16.6. The molecule has 2 saturated heterocycles. The van der Waals surface area contributed by atoms with Gasteiger partial charge in [0.1, 0.15) is 13.2 Å². The molecule has 2 unspecified atom stereocenters. The van der Waals surface area contributed by atoms with E-state index in [1.54, 1.807) is 0 Å². The standard InChI is InChI=1S/C25H27NO5/c1-29-15-24(27)16-10-17-12-30-13-18(11-16)26(17)25(28)31-14-23-21-8-4-2-6-19(21)20-7-3-5-9-22(20)23/h2-9,16-18,23H,10-15H2,1H3. The molecule has 3 aliphatic rings. The van der Waals surface area contributed by atoms with Crippen LogP contribution < -0.4 is 0 Å². The molecule has 0 radical (unpaired) electrons. The van der Waals surface area contributed by atoms with Gasteiger partial charge < -0.3 is 14.2 Å². The minimum Gasteiger partial charge on any atom is -0.448 e. The van der Waals surface area contributed by atoms with E-state index in [0.717, 1.165) is 0 Å². The maximum absolute atomic E-state index is 13.1. The lowest BCUT2D eigenvalue weighted by atomic mass is 9.83. The average Bonchev–Trinajstić information content (AvgIpc) is 3.10. The predicted molar refractivity (Wildman–Crippen MR) is 115 cm³/mol. The van der Waals surface area contributed by atoms with Crippen LogP contribution in [0.2, 0.25) is 0 Å². The molecule has 162 valence electrons. The summed E-state index contributed by atoms with van der Waals surface area (Å²) in [6, 6.07) is 16.4. The van der Waals surface area contributed by atoms with Crippen molar-refractivity contribution in [3.05, 3.63) is 59.7 Å². The number of hydrogen-bond donors (Lipinski definition) is 0. The lowest BCUT2D eigenvalue weighted by molar-refractivity contribution is -0.134. The van der Waals surface area contributed by atoms with Crippen LogP contribution in [0.1, 0.15) is 29.9 Å². The van der Waals surface area contributed by atoms with E-state index in [4.69, 9.17) is 14.2 Å². The zero-order valence-corrected chi connectivity index (χ0v) is 17.7. The molecule has 2 aliphatic heterocycles. The molecule has 0 saturated carbocycles. The minimum absolute atomic E-state index is 0.0354. The van der Waals surface area contributed by atoms with Crippen LogP contribution in [0.15, 0.2) is 48.5 Å². The van der Waals surface area contributed by atoms with E-state index in [1.165, 1.54) is 29.4 Å². The van der Waals surface area contributed by atoms with Gasteiger partial charge in [-0.25, -0.2) is 4.79 Å². The predicted octanol–water partition coefficient (Wildman–Crippen LogP) is 3.63. The van der Waals surface area contributed by atoms with E-state index < -0.39 is 0 Å². The number of carbonyl (C=O) groups is 2. The van der Waals surface area contributed by atoms with Crippen molar-refractivity contribution in [1.29, 1.82) is 0 Å². The molecule has 6 nitrogen and oxygen atoms in total. The topological polar surface area (TPSA) is 65.1 Å². The van der Waals surface area contributed by atoms with E-state index in [0.29, 0.717) is 32.7 Å². The largest absolute Gasteiger partial charge is 0.448 e. The van der Waals surface area contributed by atoms with Gasteiger partial charge >= 0.3 is 6.09 Å². The molecule has 2 aromatic rings. The van der Waals surface area contributed by atoms with Gasteiger partial charge in [-0.15, -0.1) is 0 Å². The number of piperidine rings is 1. The van der Waals surface area contributed by atoms with E-state index in [9.17, 15) is 9.59 Å². The molecule has 31 heavy (non-hydrogen) atoms. The molecule has 2 heterocycles. The summed E-state index contributed by atoms with van der Waals surface area (Å²) in [6.07, 6.45) is 0.893. The highest BCUT2D eigenvalue weighted by Crippen LogP contribution is 2.44. The fourth-order valence-corrected chi connectivity index (χ4v) is 5.40. The summed E-state index contributed by atoms with van der Waals surface area (Å²) in [5.41, 5.74) is 4.82. The minimum atomic E-state index is -0.308. The summed E-state index contributed by atoms with van der Waals surface area (Å²) >= 11 is 0. The molecule has 2 fully saturated rings. The van der Waals surface area contributed by atoms with Gasteiger partial charge in [0.15, 0.2) is 5.78 Å². The Morgan fingerprint density at radius 2 is 1.55 bits per heavy atom. The number of ketones is 1. The lowest BCUT2D eigenvalue weighted by Gasteiger charge is -2.47. The van der Waals surface area contributed by atoms with Crippen molar-refractivity contribution < 1.29 is 23.8 Å². The van der Waals surface area contributed by atoms with Crippen molar-refractivity contribution in [2.45, 2.75) is 30.8 Å². The quantitative estimate of drug-likeness (QED) is 0.738. The Kier molecular flexibility index (Phi) is 5.50. The molecule has 1 aliphatic carbocycles. The van der Waals surface area contributed by atoms with Crippen LogP contribution in [0, 0.1) is 5.92 Å². The normalized spacial score (nSPS) is 24.4. The Labute approximate surface area is 182 Å². The van der Waals surface area contributed by atoms with Gasteiger partial charge in [0.2, 0.25) is 0 Å². The molecule has 2 aromatic carbocycles. The summed E-state index contributed by atoms with van der Waals surface area (Å²) in [6.45, 7) is 1.31. The maximum atomic E-state index is 13.1. The third-order valence-corrected chi connectivity index (χ3v) is 6.81. The number of carbonyl (C=O) groups excluding carboxylic acids is 2. The first kappa shape index (κ1) is 20.2. The van der Waals surface area contributed by atoms with E-state index in [2.05, 4.69) is 24.3 Å². The number of morpholine rings is 1. The van der Waals surface area contributed by atoms with Crippen LogP contribution in [0.3, 0.4) is 0 Å². The third kappa shape index (κ3) is 3.64. The van der Waals surface area contributed by atoms with Gasteiger partial charge in [-0.3, -0.25) is 9.69 Å². The number of benzene rings is 2. The van der Waals surface area contributed by atoms with Crippen molar-refractivity contribution in [2.24, 2.45) is 5.92 Å². The average molecular weight is 421 g/mol. The number of methoxy groups -OCH3 is 1. The second-order valence-electron chi connectivity index (χ2n) is 8.62. The third-order valence-electron chi connectivity index (χ3n) is 6.81. The zero-order chi connectivity index (χ0) is 21.4. The molecule has 0 aromatic heterocycles. The van der Waals surface area contributed by atoms with Crippen LogP contribution in [-0.4, -0.2) is 62.4 Å². The fourth-order valence-electron chi connectivity index (χ4n) is 5.40. The maximum Gasteiger partial charge on any atom is 0.410 e. The molecular weight excluding hydrogens is 394 g/mol. The lowest BCUT2D eigenvalue weighted by Crippen LogP contribution is -2.60. The van der Waals surface area contributed by atoms with Crippen LogP contribution in [-0.2, 0) is 19.0 Å². The van der Waals surface area contributed by atoms with E-state index in [-0.39, 0.29) is 42.4 Å². The molecule has 2 bridgehead atoms. The first-order chi connectivity index (χ1) is 15.2. The highest BCUT2D eigenvalue weighted by molar-refractivity contribution is 5.83. The van der Waals surface area contributed by atoms with E-state index in [1.807, 2.05) is 29.2 Å². The van der Waals surface area contributed by atoms with Gasteiger partial charge in [-0.2, -0.15) is 0 Å². The Bertz CT molecular complexity index is 930. The van der Waals surface area contributed by atoms with Gasteiger partial charge in [0.25, 0.3) is 0 Å². The van der Waals surface area contributed by atoms with Crippen LogP contribution in [0.4, 0.5) is 4.79 Å². The second kappa shape index (κ2) is 8.44. The number of amides is 1. The highest BCUT2D eigenvalue weighted by atomic mass is 16.6. The number of fused-ring (bicyclic) bond motifs is 5. The monoisotopic (exact) mass is 421 g/mol. The number of ether oxygens (including phenoxy) is 3. The molecule has 0 N–H and O–H groups in total. The van der Waals surface area contributed by atoms with Gasteiger partial charge in [0.05, 0.1) is 25.3 Å². The summed E-state index contributed by atoms with van der Waals surface area (Å²) in [5.74, 6) is 0.0522. The number of rotatable bonds is 5. The summed E-state index contributed by atoms with van der Waals surface area (Å²) in [5, 5.41) is 0. The number of hydrogen-bond acceptors (Lipinski definition) is 5. The molecule has 1 amide bonds. The highest BCUT2D eigenvalue weighted by Gasteiger charge is 2.44. The molecule has 5 rings (SSSR count). The van der Waals surface area contributed by atoms with E-state index >= 15 is 0 Å². The molecular formula is C25H27NO5. The van der Waals surface area contributed by atoms with Crippen molar-refractivity contribution in [3.63, 3.8) is 0 Å². The molecule has 0 spiro atoms. The first-order valence-electron chi connectivity index (χ1n) is 10.9. The SMILES string of the molecule is COCC(=O)C1CC2COCC(C1)N2C(=O)OCC1c2ccccc2-c2ccccc21. The Balaban J connectivity index is 1.30. The van der Waals surface area contributed by atoms with Crippen molar-refractivity contribution >= 4 is 11.9 Å².